The molecule has 7 N–H and O–H groups in total. The number of carbonyl (C=O) groups excluding carboxylic acids is 3. The maximum Gasteiger partial charge on any atom is 0.225 e. The number of benzene rings is 6. The molecule has 0 fully saturated rings. The third-order valence-corrected chi connectivity index (χ3v) is 12.5. The summed E-state index contributed by atoms with van der Waals surface area (Å²) in [7, 11) is 0. The summed E-state index contributed by atoms with van der Waals surface area (Å²) in [6, 6.07) is 37.7. The lowest BCUT2D eigenvalue weighted by Gasteiger charge is -2.10. The number of phenolic OH excluding ortho intramolecular Hbond substituents is 1. The number of carbonyl (C=O) groups is 3. The Balaban J connectivity index is 0.000000151. The van der Waals surface area contributed by atoms with E-state index in [1.54, 1.807) is 30.7 Å². The largest absolute Gasteiger partial charge is 0.508 e. The number of nitrogens with zero attached hydrogens (tertiary/aromatic N) is 3. The lowest BCUT2D eigenvalue weighted by Crippen LogP contribution is -2.11. The topological polar surface area (TPSA) is 216 Å². The summed E-state index contributed by atoms with van der Waals surface area (Å²) in [6.07, 6.45) is 7.00. The van der Waals surface area contributed by atoms with Crippen LogP contribution in [0.4, 0.5) is 17.5 Å². The van der Waals surface area contributed by atoms with Crippen molar-refractivity contribution in [3.05, 3.63) is 154 Å². The number of aromatic nitrogens is 6. The Morgan fingerprint density at radius 2 is 1.04 bits per heavy atom. The van der Waals surface area contributed by atoms with Crippen molar-refractivity contribution >= 4 is 103 Å². The Hall–Kier alpha value is -8.11. The SMILES string of the molecule is CCCC(=O)Nc1n[nH]c2cc(-c3ccc(O)cc3Cl)ccc12.CCCC(=O)Nc1n[nH]c2cc(-c3ccc(OCc4ccccc4)cc3Cl)ccc12.CCCC(=O)Nc1n[nH]c2cc(Cl)c(-c3ccoc3)cc12. The molecule has 0 saturated heterocycles. The highest BCUT2D eigenvalue weighted by Crippen LogP contribution is 2.37. The number of H-pyrrole nitrogens is 3. The second kappa shape index (κ2) is 24.5. The van der Waals surface area contributed by atoms with Crippen LogP contribution in [0.2, 0.25) is 15.1 Å². The monoisotopic (exact) mass is 1050 g/mol. The van der Waals surface area contributed by atoms with Crippen LogP contribution in [0, 0.1) is 0 Å². The molecule has 0 aliphatic carbocycles. The summed E-state index contributed by atoms with van der Waals surface area (Å²) < 4.78 is 10.9. The Morgan fingerprint density at radius 3 is 1.54 bits per heavy atom. The van der Waals surface area contributed by atoms with Gasteiger partial charge in [0.15, 0.2) is 17.5 Å². The molecule has 10 aromatic rings. The van der Waals surface area contributed by atoms with E-state index in [0.717, 1.165) is 96.7 Å². The van der Waals surface area contributed by atoms with E-state index in [1.807, 2.05) is 118 Å². The van der Waals surface area contributed by atoms with Gasteiger partial charge >= 0.3 is 0 Å². The number of hydrogen-bond acceptors (Lipinski definition) is 9. The van der Waals surface area contributed by atoms with Gasteiger partial charge in [0.25, 0.3) is 0 Å². The molecule has 378 valence electrons. The zero-order chi connectivity index (χ0) is 52.1. The van der Waals surface area contributed by atoms with Crippen molar-refractivity contribution < 1.29 is 28.6 Å². The summed E-state index contributed by atoms with van der Waals surface area (Å²) in [5.74, 6) is 2.30. The van der Waals surface area contributed by atoms with Gasteiger partial charge in [-0.3, -0.25) is 29.7 Å². The van der Waals surface area contributed by atoms with Crippen molar-refractivity contribution in [2.24, 2.45) is 0 Å². The number of hydrogen-bond donors (Lipinski definition) is 7. The van der Waals surface area contributed by atoms with Gasteiger partial charge < -0.3 is 30.2 Å². The van der Waals surface area contributed by atoms with Gasteiger partial charge in [-0.05, 0) is 115 Å². The number of aromatic hydroxyl groups is 1. The molecule has 10 rings (SSSR count). The van der Waals surface area contributed by atoms with E-state index in [-0.39, 0.29) is 23.5 Å². The van der Waals surface area contributed by atoms with Gasteiger partial charge in [0.2, 0.25) is 17.7 Å². The van der Waals surface area contributed by atoms with Crippen LogP contribution in [0.25, 0.3) is 66.1 Å². The third kappa shape index (κ3) is 12.9. The maximum atomic E-state index is 11.9. The molecular weight excluding hydrogens is 1000 g/mol. The second-order valence-corrected chi connectivity index (χ2v) is 18.3. The van der Waals surface area contributed by atoms with Crippen molar-refractivity contribution in [3.8, 4) is 44.9 Å². The van der Waals surface area contributed by atoms with Crippen LogP contribution in [0.1, 0.15) is 64.9 Å². The quantitative estimate of drug-likeness (QED) is 0.0519. The molecule has 0 unspecified atom stereocenters. The van der Waals surface area contributed by atoms with E-state index >= 15 is 0 Å². The number of phenols is 1. The van der Waals surface area contributed by atoms with Crippen molar-refractivity contribution in [3.63, 3.8) is 0 Å². The predicted octanol–water partition coefficient (Wildman–Crippen LogP) is 14.7. The Kier molecular flexibility index (Phi) is 17.3. The fourth-order valence-corrected chi connectivity index (χ4v) is 8.74. The fraction of sp³-hybridized carbons (Fsp3) is 0.179. The zero-order valence-corrected chi connectivity index (χ0v) is 42.9. The molecule has 6 aromatic carbocycles. The van der Waals surface area contributed by atoms with E-state index in [4.69, 9.17) is 44.0 Å². The third-order valence-electron chi connectivity index (χ3n) is 11.6. The molecule has 15 nitrogen and oxygen atoms in total. The summed E-state index contributed by atoms with van der Waals surface area (Å²) >= 11 is 19.0. The minimum Gasteiger partial charge on any atom is -0.508 e. The number of fused-ring (bicyclic) bond motifs is 3. The van der Waals surface area contributed by atoms with E-state index in [2.05, 4.69) is 46.5 Å². The number of rotatable bonds is 15. The average molecular weight is 1050 g/mol. The predicted molar refractivity (Wildman–Crippen MR) is 295 cm³/mol. The highest BCUT2D eigenvalue weighted by Gasteiger charge is 2.16. The first-order valence-corrected chi connectivity index (χ1v) is 25.1. The van der Waals surface area contributed by atoms with Crippen molar-refractivity contribution in [1.82, 2.24) is 30.6 Å². The molecule has 4 aromatic heterocycles. The van der Waals surface area contributed by atoms with Gasteiger partial charge in [-0.25, -0.2) is 0 Å². The average Bonchev–Trinajstić information content (AvgIpc) is 4.22. The number of furan rings is 1. The highest BCUT2D eigenvalue weighted by molar-refractivity contribution is 6.35. The van der Waals surface area contributed by atoms with Crippen LogP contribution in [-0.4, -0.2) is 53.4 Å². The van der Waals surface area contributed by atoms with Gasteiger partial charge in [-0.15, -0.1) is 0 Å². The Morgan fingerprint density at radius 1 is 0.541 bits per heavy atom. The van der Waals surface area contributed by atoms with Crippen LogP contribution >= 0.6 is 34.8 Å². The van der Waals surface area contributed by atoms with E-state index in [0.29, 0.717) is 58.4 Å². The fourth-order valence-electron chi connectivity index (χ4n) is 7.90. The summed E-state index contributed by atoms with van der Waals surface area (Å²) in [6.45, 7) is 6.37. The molecule has 0 atom stereocenters. The lowest BCUT2D eigenvalue weighted by atomic mass is 10.0. The number of halogens is 3. The van der Waals surface area contributed by atoms with Crippen LogP contribution in [-0.2, 0) is 21.0 Å². The highest BCUT2D eigenvalue weighted by atomic mass is 35.5. The number of ether oxygens (including phenoxy) is 1. The molecule has 0 radical (unpaired) electrons. The van der Waals surface area contributed by atoms with Crippen LogP contribution in [0.5, 0.6) is 11.5 Å². The standard InChI is InChI=1S/C24H22ClN3O2.C17H16ClN3O2.C15H14ClN3O2/c1-2-6-23(29)26-24-20-11-9-17(13-22(20)27-28-24)19-12-10-18(14-21(19)25)30-15-16-7-4-3-5-8-16;1-2-3-16(23)19-17-13-6-4-10(8-15(13)20-21-17)12-7-5-11(22)9-14(12)18;1-2-3-14(20)17-15-11-6-10(9-4-5-21-8-9)12(16)7-13(11)18-19-15/h3-5,7-14H,2,6,15H2,1H3,(H2,26,27,28,29);4-9,22H,2-3H2,1H3,(H2,19,20,21,23);4-8H,2-3H2,1H3,(H2,17,18,19,20). The van der Waals surface area contributed by atoms with Gasteiger partial charge in [0.1, 0.15) is 18.1 Å². The first kappa shape index (κ1) is 52.2. The van der Waals surface area contributed by atoms with E-state index < -0.39 is 0 Å². The molecule has 0 bridgehead atoms. The summed E-state index contributed by atoms with van der Waals surface area (Å²) in [4.78, 5) is 35.3. The molecule has 4 heterocycles. The normalized spacial score (nSPS) is 10.9. The molecule has 74 heavy (non-hydrogen) atoms. The molecule has 0 spiro atoms. The Bertz CT molecular complexity index is 3560. The van der Waals surface area contributed by atoms with Gasteiger partial charge in [-0.2, -0.15) is 15.3 Å². The molecule has 18 heteroatoms. The van der Waals surface area contributed by atoms with Crippen molar-refractivity contribution in [1.29, 1.82) is 0 Å². The summed E-state index contributed by atoms with van der Waals surface area (Å²) in [5, 5.41) is 43.4. The van der Waals surface area contributed by atoms with Crippen LogP contribution in [0.15, 0.2) is 138 Å². The number of aromatic amines is 3. The molecule has 0 saturated carbocycles. The van der Waals surface area contributed by atoms with Crippen LogP contribution in [0.3, 0.4) is 0 Å². The smallest absolute Gasteiger partial charge is 0.225 e. The lowest BCUT2D eigenvalue weighted by molar-refractivity contribution is -0.117. The Labute approximate surface area is 441 Å². The first-order valence-electron chi connectivity index (χ1n) is 23.9. The first-order chi connectivity index (χ1) is 35.9. The minimum atomic E-state index is -0.0503. The van der Waals surface area contributed by atoms with E-state index in [9.17, 15) is 19.5 Å². The molecule has 3 amide bonds. The maximum absolute atomic E-state index is 11.9. The van der Waals surface area contributed by atoms with Crippen LogP contribution < -0.4 is 20.7 Å². The molecular formula is C56H52Cl3N9O6. The van der Waals surface area contributed by atoms with Gasteiger partial charge in [0.05, 0.1) is 44.1 Å². The van der Waals surface area contributed by atoms with Crippen molar-refractivity contribution in [2.75, 3.05) is 16.0 Å². The molecule has 0 aliphatic rings. The number of amides is 3. The number of anilines is 3. The second-order valence-electron chi connectivity index (χ2n) is 17.1. The summed E-state index contributed by atoms with van der Waals surface area (Å²) in [5.41, 5.74) is 8.81. The zero-order valence-electron chi connectivity index (χ0n) is 40.6. The van der Waals surface area contributed by atoms with E-state index in [1.165, 1.54) is 6.07 Å². The van der Waals surface area contributed by atoms with Crippen molar-refractivity contribution in [2.45, 2.75) is 65.9 Å². The minimum absolute atomic E-state index is 0.0379. The number of nitrogens with one attached hydrogen (secondary N) is 6. The molecule has 0 aliphatic heterocycles. The van der Waals surface area contributed by atoms with Gasteiger partial charge in [-0.1, -0.05) is 98.0 Å². The van der Waals surface area contributed by atoms with Gasteiger partial charge in [0, 0.05) is 57.7 Å².